The van der Waals surface area contributed by atoms with Gasteiger partial charge in [-0.15, -0.1) is 0 Å². The predicted molar refractivity (Wildman–Crippen MR) is 80.2 cm³/mol. The monoisotopic (exact) mass is 268 g/mol. The average molecular weight is 268 g/mol. The average Bonchev–Trinajstić information content (AvgIpc) is 2.18. The van der Waals surface area contributed by atoms with E-state index in [9.17, 15) is 0 Å². The molecule has 3 unspecified atom stereocenters. The van der Waals surface area contributed by atoms with E-state index in [0.717, 1.165) is 25.6 Å². The number of nitrogens with zero attached hydrogens (tertiary/aromatic N) is 1. The Hall–Kier alpha value is -0.120. The van der Waals surface area contributed by atoms with Crippen LogP contribution < -0.4 is 5.73 Å². The molecule has 0 aromatic rings. The quantitative estimate of drug-likeness (QED) is 0.837. The van der Waals surface area contributed by atoms with Crippen LogP contribution in [0.25, 0.3) is 0 Å². The molecule has 2 aliphatic rings. The van der Waals surface area contributed by atoms with E-state index in [1.165, 1.54) is 19.3 Å². The SMILES string of the molecule is CC1CCC(N)C(CN2CC(C)(C)OC(C)(C)C2)C1. The van der Waals surface area contributed by atoms with E-state index in [2.05, 4.69) is 39.5 Å². The van der Waals surface area contributed by atoms with Crippen LogP contribution in [0.2, 0.25) is 0 Å². The Bertz CT molecular complexity index is 298. The molecule has 1 saturated heterocycles. The highest BCUT2D eigenvalue weighted by Gasteiger charge is 2.39. The molecule has 1 heterocycles. The van der Waals surface area contributed by atoms with Gasteiger partial charge in [0.25, 0.3) is 0 Å². The van der Waals surface area contributed by atoms with E-state index < -0.39 is 0 Å². The summed E-state index contributed by atoms with van der Waals surface area (Å²) in [6.07, 6.45) is 3.79. The zero-order valence-corrected chi connectivity index (χ0v) is 13.4. The summed E-state index contributed by atoms with van der Waals surface area (Å²) in [5, 5.41) is 0. The molecule has 0 aromatic carbocycles. The molecule has 3 nitrogen and oxygen atoms in total. The molecule has 3 heteroatoms. The second-order valence-corrected chi connectivity index (χ2v) is 8.13. The van der Waals surface area contributed by atoms with E-state index in [-0.39, 0.29) is 11.2 Å². The van der Waals surface area contributed by atoms with Crippen LogP contribution in [0.3, 0.4) is 0 Å². The molecule has 2 fully saturated rings. The van der Waals surface area contributed by atoms with Crippen LogP contribution in [-0.4, -0.2) is 41.8 Å². The van der Waals surface area contributed by atoms with Crippen molar-refractivity contribution in [2.45, 2.75) is 71.1 Å². The van der Waals surface area contributed by atoms with Crippen LogP contribution in [0, 0.1) is 11.8 Å². The lowest BCUT2D eigenvalue weighted by molar-refractivity contribution is -0.182. The number of hydrogen-bond donors (Lipinski definition) is 1. The molecule has 0 aromatic heterocycles. The van der Waals surface area contributed by atoms with Crippen molar-refractivity contribution in [2.75, 3.05) is 19.6 Å². The third kappa shape index (κ3) is 4.17. The van der Waals surface area contributed by atoms with Crippen LogP contribution in [0.5, 0.6) is 0 Å². The molecule has 1 aliphatic carbocycles. The van der Waals surface area contributed by atoms with Crippen LogP contribution in [0.15, 0.2) is 0 Å². The minimum atomic E-state index is -0.0495. The van der Waals surface area contributed by atoms with Crippen molar-refractivity contribution in [3.05, 3.63) is 0 Å². The van der Waals surface area contributed by atoms with Crippen LogP contribution in [0.4, 0.5) is 0 Å². The summed E-state index contributed by atoms with van der Waals surface area (Å²) >= 11 is 0. The lowest BCUT2D eigenvalue weighted by Crippen LogP contribution is -2.59. The topological polar surface area (TPSA) is 38.5 Å². The molecular formula is C16H32N2O. The van der Waals surface area contributed by atoms with Gasteiger partial charge in [-0.25, -0.2) is 0 Å². The summed E-state index contributed by atoms with van der Waals surface area (Å²) in [4.78, 5) is 2.58. The third-order valence-corrected chi connectivity index (χ3v) is 4.56. The van der Waals surface area contributed by atoms with Crippen LogP contribution in [0.1, 0.15) is 53.9 Å². The highest BCUT2D eigenvalue weighted by molar-refractivity contribution is 4.92. The Morgan fingerprint density at radius 2 is 1.68 bits per heavy atom. The van der Waals surface area contributed by atoms with E-state index >= 15 is 0 Å². The smallest absolute Gasteiger partial charge is 0.0760 e. The number of rotatable bonds is 2. The fourth-order valence-corrected chi connectivity index (χ4v) is 4.14. The standard InChI is InChI=1S/C16H32N2O/c1-12-6-7-14(17)13(8-12)9-18-10-15(2,3)19-16(4,5)11-18/h12-14H,6-11,17H2,1-5H3. The van der Waals surface area contributed by atoms with Gasteiger partial charge in [0.1, 0.15) is 0 Å². The molecule has 0 bridgehead atoms. The minimum absolute atomic E-state index is 0.0495. The fourth-order valence-electron chi connectivity index (χ4n) is 4.14. The van der Waals surface area contributed by atoms with E-state index in [0.29, 0.717) is 12.0 Å². The van der Waals surface area contributed by atoms with Crippen molar-refractivity contribution in [2.24, 2.45) is 17.6 Å². The van der Waals surface area contributed by atoms with Crippen molar-refractivity contribution in [3.63, 3.8) is 0 Å². The lowest BCUT2D eigenvalue weighted by Gasteiger charge is -2.49. The molecule has 0 radical (unpaired) electrons. The van der Waals surface area contributed by atoms with Crippen molar-refractivity contribution in [1.29, 1.82) is 0 Å². The van der Waals surface area contributed by atoms with Crippen LogP contribution >= 0.6 is 0 Å². The lowest BCUT2D eigenvalue weighted by atomic mass is 9.78. The maximum atomic E-state index is 6.34. The number of ether oxygens (including phenoxy) is 1. The highest BCUT2D eigenvalue weighted by atomic mass is 16.5. The van der Waals surface area contributed by atoms with Gasteiger partial charge in [-0.1, -0.05) is 6.92 Å². The molecule has 2 rings (SSSR count). The molecule has 112 valence electrons. The van der Waals surface area contributed by atoms with Gasteiger partial charge in [-0.05, 0) is 58.8 Å². The third-order valence-electron chi connectivity index (χ3n) is 4.56. The maximum Gasteiger partial charge on any atom is 0.0760 e. The summed E-state index contributed by atoms with van der Waals surface area (Å²) in [5.74, 6) is 1.50. The van der Waals surface area contributed by atoms with Crippen molar-refractivity contribution in [1.82, 2.24) is 4.90 Å². The Labute approximate surface area is 118 Å². The Balaban J connectivity index is 1.97. The first-order valence-corrected chi connectivity index (χ1v) is 7.85. The van der Waals surface area contributed by atoms with E-state index in [4.69, 9.17) is 10.5 Å². The number of hydrogen-bond acceptors (Lipinski definition) is 3. The molecule has 1 aliphatic heterocycles. The van der Waals surface area contributed by atoms with E-state index in [1.807, 2.05) is 0 Å². The van der Waals surface area contributed by atoms with E-state index in [1.54, 1.807) is 0 Å². The number of nitrogens with two attached hydrogens (primary N) is 1. The van der Waals surface area contributed by atoms with Gasteiger partial charge in [0.05, 0.1) is 11.2 Å². The van der Waals surface area contributed by atoms with Gasteiger partial charge in [0, 0.05) is 25.7 Å². The largest absolute Gasteiger partial charge is 0.367 e. The Morgan fingerprint density at radius 3 is 2.26 bits per heavy atom. The normalized spacial score (nSPS) is 39.2. The zero-order valence-electron chi connectivity index (χ0n) is 13.4. The van der Waals surface area contributed by atoms with Gasteiger partial charge in [0.15, 0.2) is 0 Å². The van der Waals surface area contributed by atoms with Gasteiger partial charge in [-0.2, -0.15) is 0 Å². The van der Waals surface area contributed by atoms with Crippen LogP contribution in [-0.2, 0) is 4.74 Å². The van der Waals surface area contributed by atoms with Crippen molar-refractivity contribution >= 4 is 0 Å². The zero-order chi connectivity index (χ0) is 14.3. The molecule has 1 saturated carbocycles. The first kappa shape index (κ1) is 15.3. The van der Waals surface area contributed by atoms with Gasteiger partial charge in [-0.3, -0.25) is 4.90 Å². The molecule has 0 amide bonds. The summed E-state index contributed by atoms with van der Waals surface area (Å²) in [7, 11) is 0. The summed E-state index contributed by atoms with van der Waals surface area (Å²) in [5.41, 5.74) is 6.24. The number of morpholine rings is 1. The molecule has 0 spiro atoms. The van der Waals surface area contributed by atoms with Gasteiger partial charge in [0.2, 0.25) is 0 Å². The molecule has 3 atom stereocenters. The first-order chi connectivity index (χ1) is 8.67. The van der Waals surface area contributed by atoms with Crippen molar-refractivity contribution < 1.29 is 4.74 Å². The Morgan fingerprint density at radius 1 is 1.11 bits per heavy atom. The summed E-state index contributed by atoms with van der Waals surface area (Å²) in [6, 6.07) is 0.394. The highest BCUT2D eigenvalue weighted by Crippen LogP contribution is 2.32. The van der Waals surface area contributed by atoms with Gasteiger partial charge >= 0.3 is 0 Å². The summed E-state index contributed by atoms with van der Waals surface area (Å²) < 4.78 is 6.16. The van der Waals surface area contributed by atoms with Crippen molar-refractivity contribution in [3.8, 4) is 0 Å². The molecule has 2 N–H and O–H groups in total. The second kappa shape index (κ2) is 5.34. The first-order valence-electron chi connectivity index (χ1n) is 7.85. The predicted octanol–water partition coefficient (Wildman–Crippen LogP) is 2.64. The second-order valence-electron chi connectivity index (χ2n) is 8.13. The minimum Gasteiger partial charge on any atom is -0.367 e. The van der Waals surface area contributed by atoms with Gasteiger partial charge < -0.3 is 10.5 Å². The maximum absolute atomic E-state index is 6.34. The Kier molecular flexibility index (Phi) is 4.29. The summed E-state index contributed by atoms with van der Waals surface area (Å²) in [6.45, 7) is 14.3. The fraction of sp³-hybridized carbons (Fsp3) is 1.00. The molecular weight excluding hydrogens is 236 g/mol. The molecule has 19 heavy (non-hydrogen) atoms.